The number of hydrogen-bond donors (Lipinski definition) is 1. The summed E-state index contributed by atoms with van der Waals surface area (Å²) in [6, 6.07) is 1.85. The van der Waals surface area contributed by atoms with Crippen molar-refractivity contribution >= 4 is 22.8 Å². The van der Waals surface area contributed by atoms with Crippen molar-refractivity contribution in [3.63, 3.8) is 0 Å². The Kier molecular flexibility index (Phi) is 2.22. The van der Waals surface area contributed by atoms with Gasteiger partial charge < -0.3 is 9.84 Å². The van der Waals surface area contributed by atoms with E-state index in [1.165, 1.54) is 6.20 Å². The maximum Gasteiger partial charge on any atom is 0.296 e. The maximum absolute atomic E-state index is 9.80. The summed E-state index contributed by atoms with van der Waals surface area (Å²) in [5, 5.41) is 10.3. The van der Waals surface area contributed by atoms with Gasteiger partial charge in [-0.3, -0.25) is 4.57 Å². The number of imidazole rings is 1. The Morgan fingerprint density at radius 2 is 2.44 bits per heavy atom. The van der Waals surface area contributed by atoms with Crippen LogP contribution in [-0.4, -0.2) is 32.9 Å². The van der Waals surface area contributed by atoms with Crippen LogP contribution in [0.5, 0.6) is 6.01 Å². The number of aromatic hydroxyl groups is 1. The Hall–Kier alpha value is -1.33. The highest BCUT2D eigenvalue weighted by Crippen LogP contribution is 2.30. The SMILES string of the molecule is Oc1nc2ncc(Cl)cc2n1C1CCOC1. The van der Waals surface area contributed by atoms with Gasteiger partial charge in [0, 0.05) is 12.8 Å². The lowest BCUT2D eigenvalue weighted by atomic mass is 10.2. The molecule has 1 saturated heterocycles. The van der Waals surface area contributed by atoms with Crippen molar-refractivity contribution < 1.29 is 9.84 Å². The lowest BCUT2D eigenvalue weighted by Crippen LogP contribution is -2.07. The number of halogens is 1. The normalized spacial score (nSPS) is 20.7. The van der Waals surface area contributed by atoms with E-state index in [1.807, 2.05) is 0 Å². The minimum atomic E-state index is -0.0275. The van der Waals surface area contributed by atoms with E-state index in [4.69, 9.17) is 16.3 Å². The predicted octanol–water partition coefficient (Wildman–Crippen LogP) is 1.75. The molecule has 5 nitrogen and oxygen atoms in total. The number of nitrogens with zero attached hydrogens (tertiary/aromatic N) is 3. The molecule has 0 spiro atoms. The van der Waals surface area contributed by atoms with Crippen LogP contribution in [0.2, 0.25) is 5.02 Å². The largest absolute Gasteiger partial charge is 0.480 e. The molecule has 0 amide bonds. The molecule has 1 aliphatic heterocycles. The van der Waals surface area contributed by atoms with Crippen molar-refractivity contribution in [2.75, 3.05) is 13.2 Å². The third-order valence-corrected chi connectivity index (χ3v) is 2.97. The fraction of sp³-hybridized carbons (Fsp3) is 0.400. The van der Waals surface area contributed by atoms with E-state index in [1.54, 1.807) is 10.6 Å². The summed E-state index contributed by atoms with van der Waals surface area (Å²) in [6.45, 7) is 1.29. The molecule has 3 heterocycles. The average Bonchev–Trinajstić information content (AvgIpc) is 2.83. The zero-order valence-electron chi connectivity index (χ0n) is 8.43. The van der Waals surface area contributed by atoms with E-state index >= 15 is 0 Å². The first-order chi connectivity index (χ1) is 7.75. The summed E-state index contributed by atoms with van der Waals surface area (Å²) >= 11 is 5.89. The van der Waals surface area contributed by atoms with Crippen LogP contribution in [0.3, 0.4) is 0 Å². The van der Waals surface area contributed by atoms with Crippen molar-refractivity contribution in [1.29, 1.82) is 0 Å². The number of rotatable bonds is 1. The molecule has 0 aliphatic carbocycles. The molecule has 6 heteroatoms. The smallest absolute Gasteiger partial charge is 0.296 e. The molecule has 0 aromatic carbocycles. The molecule has 16 heavy (non-hydrogen) atoms. The second-order valence-corrected chi connectivity index (χ2v) is 4.23. The van der Waals surface area contributed by atoms with Gasteiger partial charge >= 0.3 is 0 Å². The van der Waals surface area contributed by atoms with Crippen LogP contribution in [0.1, 0.15) is 12.5 Å². The monoisotopic (exact) mass is 239 g/mol. The van der Waals surface area contributed by atoms with Gasteiger partial charge in [-0.1, -0.05) is 11.6 Å². The summed E-state index contributed by atoms with van der Waals surface area (Å²) < 4.78 is 7.04. The van der Waals surface area contributed by atoms with Crippen LogP contribution in [0.4, 0.5) is 0 Å². The first kappa shape index (κ1) is 9.86. The molecule has 2 aromatic rings. The summed E-state index contributed by atoms with van der Waals surface area (Å²) in [5.74, 6) is 0. The standard InChI is InChI=1S/C10H10ClN3O2/c11-6-3-8-9(12-4-6)13-10(15)14(8)7-1-2-16-5-7/h3-4,7H,1-2,5H2,(H,12,13,15). The highest BCUT2D eigenvalue weighted by Gasteiger charge is 2.23. The number of aromatic nitrogens is 3. The van der Waals surface area contributed by atoms with Gasteiger partial charge in [0.1, 0.15) is 0 Å². The second-order valence-electron chi connectivity index (χ2n) is 3.80. The zero-order valence-corrected chi connectivity index (χ0v) is 9.18. The number of fused-ring (bicyclic) bond motifs is 1. The molecular formula is C10H10ClN3O2. The Morgan fingerprint density at radius 3 is 3.19 bits per heavy atom. The van der Waals surface area contributed by atoms with Gasteiger partial charge in [0.15, 0.2) is 5.65 Å². The van der Waals surface area contributed by atoms with E-state index in [2.05, 4.69) is 9.97 Å². The van der Waals surface area contributed by atoms with Gasteiger partial charge in [-0.15, -0.1) is 0 Å². The Bertz CT molecular complexity index is 534. The number of ether oxygens (including phenoxy) is 1. The van der Waals surface area contributed by atoms with Gasteiger partial charge in [-0.25, -0.2) is 4.98 Å². The Balaban J connectivity index is 2.20. The molecule has 0 bridgehead atoms. The predicted molar refractivity (Wildman–Crippen MR) is 58.7 cm³/mol. The molecule has 1 fully saturated rings. The van der Waals surface area contributed by atoms with Gasteiger partial charge in [0.05, 0.1) is 23.2 Å². The average molecular weight is 240 g/mol. The van der Waals surface area contributed by atoms with Crippen LogP contribution < -0.4 is 0 Å². The van der Waals surface area contributed by atoms with E-state index < -0.39 is 0 Å². The molecule has 1 N–H and O–H groups in total. The van der Waals surface area contributed by atoms with Crippen LogP contribution in [-0.2, 0) is 4.74 Å². The van der Waals surface area contributed by atoms with Crippen LogP contribution in [0, 0.1) is 0 Å². The van der Waals surface area contributed by atoms with Crippen LogP contribution in [0.15, 0.2) is 12.3 Å². The van der Waals surface area contributed by atoms with Gasteiger partial charge in [0.2, 0.25) is 0 Å². The minimum Gasteiger partial charge on any atom is -0.480 e. The third-order valence-electron chi connectivity index (χ3n) is 2.77. The van der Waals surface area contributed by atoms with E-state index in [9.17, 15) is 5.11 Å². The molecule has 3 rings (SSSR count). The first-order valence-corrected chi connectivity index (χ1v) is 5.43. The quantitative estimate of drug-likeness (QED) is 0.824. The van der Waals surface area contributed by atoms with Crippen molar-refractivity contribution in [2.45, 2.75) is 12.5 Å². The minimum absolute atomic E-state index is 0.0275. The zero-order chi connectivity index (χ0) is 11.1. The molecular weight excluding hydrogens is 230 g/mol. The highest BCUT2D eigenvalue weighted by atomic mass is 35.5. The van der Waals surface area contributed by atoms with E-state index in [0.29, 0.717) is 23.9 Å². The molecule has 1 aliphatic rings. The van der Waals surface area contributed by atoms with Crippen LogP contribution >= 0.6 is 11.6 Å². The van der Waals surface area contributed by atoms with E-state index in [0.717, 1.165) is 11.9 Å². The summed E-state index contributed by atoms with van der Waals surface area (Å²) in [7, 11) is 0. The Morgan fingerprint density at radius 1 is 1.56 bits per heavy atom. The van der Waals surface area contributed by atoms with Gasteiger partial charge in [-0.2, -0.15) is 4.98 Å². The third kappa shape index (κ3) is 1.44. The van der Waals surface area contributed by atoms with Gasteiger partial charge in [0.25, 0.3) is 6.01 Å². The maximum atomic E-state index is 9.80. The first-order valence-electron chi connectivity index (χ1n) is 5.06. The van der Waals surface area contributed by atoms with E-state index in [-0.39, 0.29) is 12.1 Å². The number of hydrogen-bond acceptors (Lipinski definition) is 4. The lowest BCUT2D eigenvalue weighted by molar-refractivity contribution is 0.185. The number of pyridine rings is 1. The van der Waals surface area contributed by atoms with Crippen molar-refractivity contribution in [1.82, 2.24) is 14.5 Å². The van der Waals surface area contributed by atoms with Crippen molar-refractivity contribution in [3.05, 3.63) is 17.3 Å². The summed E-state index contributed by atoms with van der Waals surface area (Å²) in [6.07, 6.45) is 2.39. The molecule has 1 unspecified atom stereocenters. The fourth-order valence-corrected chi connectivity index (χ4v) is 2.18. The fourth-order valence-electron chi connectivity index (χ4n) is 2.03. The van der Waals surface area contributed by atoms with Crippen molar-refractivity contribution in [2.24, 2.45) is 0 Å². The topological polar surface area (TPSA) is 60.2 Å². The summed E-state index contributed by atoms with van der Waals surface area (Å²) in [5.41, 5.74) is 1.26. The molecule has 84 valence electrons. The molecule has 1 atom stereocenters. The second kappa shape index (κ2) is 3.61. The Labute approximate surface area is 96.6 Å². The summed E-state index contributed by atoms with van der Waals surface area (Å²) in [4.78, 5) is 8.06. The molecule has 0 saturated carbocycles. The lowest BCUT2D eigenvalue weighted by Gasteiger charge is -2.11. The van der Waals surface area contributed by atoms with Crippen LogP contribution in [0.25, 0.3) is 11.2 Å². The highest BCUT2D eigenvalue weighted by molar-refractivity contribution is 6.31. The molecule has 0 radical (unpaired) electrons. The molecule has 2 aromatic heterocycles. The van der Waals surface area contributed by atoms with Crippen molar-refractivity contribution in [3.8, 4) is 6.01 Å². The van der Waals surface area contributed by atoms with Gasteiger partial charge in [-0.05, 0) is 12.5 Å².